The van der Waals surface area contributed by atoms with Crippen molar-refractivity contribution in [3.8, 4) is 0 Å². The van der Waals surface area contributed by atoms with Gasteiger partial charge in [-0.2, -0.15) is 0 Å². The fraction of sp³-hybridized carbons (Fsp3) is 0.800. The fourth-order valence-corrected chi connectivity index (χ4v) is 2.19. The van der Waals surface area contributed by atoms with Crippen molar-refractivity contribution in [2.24, 2.45) is 0 Å². The molecule has 1 aliphatic heterocycles. The van der Waals surface area contributed by atoms with Gasteiger partial charge in [0.15, 0.2) is 6.29 Å². The van der Waals surface area contributed by atoms with Gasteiger partial charge in [0.05, 0.1) is 12.2 Å². The van der Waals surface area contributed by atoms with E-state index in [1.807, 2.05) is 0 Å². The van der Waals surface area contributed by atoms with E-state index in [4.69, 9.17) is 14.6 Å². The number of carbonyl (C=O) groups is 1. The molecule has 1 rings (SSSR count). The first-order valence-corrected chi connectivity index (χ1v) is 7.53. The zero-order chi connectivity index (χ0) is 15.7. The summed E-state index contributed by atoms with van der Waals surface area (Å²) in [5.41, 5.74) is 0. The molecule has 6 nitrogen and oxygen atoms in total. The van der Waals surface area contributed by atoms with Crippen molar-refractivity contribution >= 4 is 5.97 Å². The Kier molecular flexibility index (Phi) is 8.52. The number of unbranched alkanes of at least 4 members (excludes halogenated alkanes) is 4. The van der Waals surface area contributed by atoms with E-state index in [1.54, 1.807) is 13.0 Å². The van der Waals surface area contributed by atoms with Gasteiger partial charge in [-0.1, -0.05) is 18.9 Å². The van der Waals surface area contributed by atoms with Crippen LogP contribution in [0.1, 0.15) is 45.4 Å². The van der Waals surface area contributed by atoms with Crippen LogP contribution in [0.4, 0.5) is 0 Å². The topological polar surface area (TPSA) is 96.2 Å². The maximum Gasteiger partial charge on any atom is 0.327 e. The largest absolute Gasteiger partial charge is 0.478 e. The minimum Gasteiger partial charge on any atom is -0.478 e. The molecule has 0 aliphatic carbocycles. The van der Waals surface area contributed by atoms with E-state index in [0.29, 0.717) is 6.61 Å². The van der Waals surface area contributed by atoms with Crippen molar-refractivity contribution in [2.75, 3.05) is 6.61 Å². The molecule has 0 aromatic heterocycles. The lowest BCUT2D eigenvalue weighted by molar-refractivity contribution is -0.261. The van der Waals surface area contributed by atoms with Crippen LogP contribution in [0.25, 0.3) is 0 Å². The Morgan fingerprint density at radius 1 is 1.24 bits per heavy atom. The second-order valence-electron chi connectivity index (χ2n) is 5.39. The van der Waals surface area contributed by atoms with Gasteiger partial charge in [-0.3, -0.25) is 0 Å². The molecule has 0 radical (unpaired) electrons. The zero-order valence-electron chi connectivity index (χ0n) is 12.5. The van der Waals surface area contributed by atoms with E-state index < -0.39 is 24.5 Å². The molecule has 1 fully saturated rings. The highest BCUT2D eigenvalue weighted by atomic mass is 16.7. The number of ether oxygens (including phenoxy) is 2. The van der Waals surface area contributed by atoms with E-state index in [1.165, 1.54) is 6.08 Å². The monoisotopic (exact) mass is 302 g/mol. The number of carboxylic acids is 1. The van der Waals surface area contributed by atoms with E-state index >= 15 is 0 Å². The van der Waals surface area contributed by atoms with Crippen LogP contribution in [0.2, 0.25) is 0 Å². The highest BCUT2D eigenvalue weighted by Gasteiger charge is 2.34. The summed E-state index contributed by atoms with van der Waals surface area (Å²) in [5.74, 6) is -0.909. The predicted molar refractivity (Wildman–Crippen MR) is 76.8 cm³/mol. The van der Waals surface area contributed by atoms with Gasteiger partial charge in [-0.05, 0) is 26.2 Å². The molecule has 21 heavy (non-hydrogen) atoms. The van der Waals surface area contributed by atoms with Crippen LogP contribution < -0.4 is 0 Å². The van der Waals surface area contributed by atoms with E-state index in [2.05, 4.69) is 0 Å². The Balaban J connectivity index is 2.00. The zero-order valence-corrected chi connectivity index (χ0v) is 12.5. The van der Waals surface area contributed by atoms with E-state index in [9.17, 15) is 15.0 Å². The molecule has 4 atom stereocenters. The summed E-state index contributed by atoms with van der Waals surface area (Å²) in [5, 5.41) is 27.7. The summed E-state index contributed by atoms with van der Waals surface area (Å²) < 4.78 is 10.9. The van der Waals surface area contributed by atoms with Crippen LogP contribution in [0.5, 0.6) is 0 Å². The molecule has 1 heterocycles. The van der Waals surface area contributed by atoms with E-state index in [0.717, 1.165) is 32.1 Å². The molecule has 1 aliphatic rings. The van der Waals surface area contributed by atoms with Crippen LogP contribution in [0.15, 0.2) is 12.2 Å². The molecule has 3 N–H and O–H groups in total. The number of rotatable bonds is 9. The lowest BCUT2D eigenvalue weighted by Gasteiger charge is -2.35. The van der Waals surface area contributed by atoms with Crippen molar-refractivity contribution in [2.45, 2.75) is 70.1 Å². The fourth-order valence-electron chi connectivity index (χ4n) is 2.19. The molecule has 0 bridgehead atoms. The first-order chi connectivity index (χ1) is 10.0. The highest BCUT2D eigenvalue weighted by Crippen LogP contribution is 2.21. The molecule has 0 spiro atoms. The average Bonchev–Trinajstić information content (AvgIpc) is 2.42. The average molecular weight is 302 g/mol. The minimum absolute atomic E-state index is 0.280. The summed E-state index contributed by atoms with van der Waals surface area (Å²) in [7, 11) is 0. The SMILES string of the molecule is C[C@@H]1O[C@@H](OCCCCCC/C=C/C(=O)O)[C@H](O)C[C@H]1O. The van der Waals surface area contributed by atoms with Crippen LogP contribution in [-0.4, -0.2) is 52.5 Å². The number of carboxylic acid groups (broad SMARTS) is 1. The smallest absolute Gasteiger partial charge is 0.327 e. The van der Waals surface area contributed by atoms with Crippen LogP contribution in [0.3, 0.4) is 0 Å². The van der Waals surface area contributed by atoms with Crippen LogP contribution in [0, 0.1) is 0 Å². The maximum atomic E-state index is 10.2. The quantitative estimate of drug-likeness (QED) is 0.441. The number of allylic oxidation sites excluding steroid dienone is 1. The van der Waals surface area contributed by atoms with Gasteiger partial charge in [0.1, 0.15) is 6.10 Å². The third-order valence-corrected chi connectivity index (χ3v) is 3.50. The Labute approximate surface area is 125 Å². The Morgan fingerprint density at radius 3 is 2.67 bits per heavy atom. The third kappa shape index (κ3) is 7.57. The third-order valence-electron chi connectivity index (χ3n) is 3.50. The molecule has 0 unspecified atom stereocenters. The van der Waals surface area contributed by atoms with E-state index in [-0.39, 0.29) is 12.5 Å². The molecule has 0 saturated carbocycles. The summed E-state index contributed by atoms with van der Waals surface area (Å²) in [6.07, 6.45) is 5.31. The lowest BCUT2D eigenvalue weighted by Crippen LogP contribution is -2.47. The Morgan fingerprint density at radius 2 is 1.95 bits per heavy atom. The Bertz CT molecular complexity index is 330. The summed E-state index contributed by atoms with van der Waals surface area (Å²) >= 11 is 0. The molecule has 1 saturated heterocycles. The summed E-state index contributed by atoms with van der Waals surface area (Å²) in [6, 6.07) is 0. The molecular formula is C15H26O6. The minimum atomic E-state index is -0.909. The number of aliphatic hydroxyl groups is 2. The first kappa shape index (κ1) is 18.1. The van der Waals surface area contributed by atoms with Crippen molar-refractivity contribution in [1.29, 1.82) is 0 Å². The second kappa shape index (κ2) is 9.89. The molecule has 6 heteroatoms. The van der Waals surface area contributed by atoms with Crippen molar-refractivity contribution in [3.05, 3.63) is 12.2 Å². The van der Waals surface area contributed by atoms with Gasteiger partial charge in [-0.15, -0.1) is 0 Å². The number of hydrogen-bond donors (Lipinski definition) is 3. The number of aliphatic hydroxyl groups excluding tert-OH is 2. The van der Waals surface area contributed by atoms with Gasteiger partial charge in [0, 0.05) is 19.1 Å². The molecule has 0 aromatic rings. The van der Waals surface area contributed by atoms with Gasteiger partial charge in [-0.25, -0.2) is 4.79 Å². The van der Waals surface area contributed by atoms with Gasteiger partial charge in [0.2, 0.25) is 0 Å². The Hall–Kier alpha value is -0.950. The molecular weight excluding hydrogens is 276 g/mol. The standard InChI is InChI=1S/C15H26O6/c1-11-12(16)10-13(17)15(21-11)20-9-7-5-3-2-4-6-8-14(18)19/h6,8,11-13,15-17H,2-5,7,9-10H2,1H3,(H,18,19)/b8-6+/t11-,12+,13+,15+/m0/s1. The van der Waals surface area contributed by atoms with Crippen LogP contribution >= 0.6 is 0 Å². The lowest BCUT2D eigenvalue weighted by atomic mass is 10.0. The van der Waals surface area contributed by atoms with Crippen molar-refractivity contribution in [1.82, 2.24) is 0 Å². The molecule has 0 aromatic carbocycles. The van der Waals surface area contributed by atoms with Crippen molar-refractivity contribution in [3.63, 3.8) is 0 Å². The van der Waals surface area contributed by atoms with Gasteiger partial charge >= 0.3 is 5.97 Å². The summed E-state index contributed by atoms with van der Waals surface area (Å²) in [4.78, 5) is 10.2. The number of hydrogen-bond acceptors (Lipinski definition) is 5. The first-order valence-electron chi connectivity index (χ1n) is 7.53. The number of aliphatic carboxylic acids is 1. The van der Waals surface area contributed by atoms with Crippen LogP contribution in [-0.2, 0) is 14.3 Å². The molecule has 122 valence electrons. The van der Waals surface area contributed by atoms with Gasteiger partial charge in [0.25, 0.3) is 0 Å². The predicted octanol–water partition coefficient (Wildman–Crippen LogP) is 1.45. The molecule has 0 amide bonds. The normalized spacial score (nSPS) is 29.9. The highest BCUT2D eigenvalue weighted by molar-refractivity contribution is 5.79. The van der Waals surface area contributed by atoms with Crippen molar-refractivity contribution < 1.29 is 29.6 Å². The maximum absolute atomic E-state index is 10.2. The van der Waals surface area contributed by atoms with Gasteiger partial charge < -0.3 is 24.8 Å². The second-order valence-corrected chi connectivity index (χ2v) is 5.39. The summed E-state index contributed by atoms with van der Waals surface area (Å²) in [6.45, 7) is 2.27.